The molecule has 0 bridgehead atoms. The smallest absolute Gasteiger partial charge is 0.252 e. The molecule has 1 amide bonds. The number of hydrogen-bond donors (Lipinski definition) is 2. The van der Waals surface area contributed by atoms with Crippen molar-refractivity contribution in [1.29, 1.82) is 0 Å². The minimum atomic E-state index is -0.715. The number of rotatable bonds is 3. The van der Waals surface area contributed by atoms with Crippen LogP contribution in [0, 0.1) is 5.82 Å². The third kappa shape index (κ3) is 3.33. The number of nitrogens with one attached hydrogen (secondary N) is 1. The Balaban J connectivity index is 2.87. The highest BCUT2D eigenvalue weighted by Gasteiger charge is 2.14. The standard InChI is InChI=1S/C10H10Cl2FNO2/c1-5(15)4-14-10(16)6-2-9(13)8(12)3-7(6)11/h2-3,5,15H,4H2,1H3,(H,14,16)/t5-/m1/s1. The molecule has 0 aromatic heterocycles. The first kappa shape index (κ1) is 13.2. The third-order valence-corrected chi connectivity index (χ3v) is 2.41. The Labute approximate surface area is 102 Å². The van der Waals surface area contributed by atoms with E-state index in [4.69, 9.17) is 28.3 Å². The van der Waals surface area contributed by atoms with Crippen LogP contribution in [0.5, 0.6) is 0 Å². The molecule has 6 heteroatoms. The minimum Gasteiger partial charge on any atom is -0.392 e. The second kappa shape index (κ2) is 5.48. The SMILES string of the molecule is C[C@@H](O)CNC(=O)c1cc(F)c(Cl)cc1Cl. The zero-order chi connectivity index (χ0) is 12.3. The lowest BCUT2D eigenvalue weighted by Crippen LogP contribution is -2.30. The van der Waals surface area contributed by atoms with Crippen molar-refractivity contribution in [3.63, 3.8) is 0 Å². The van der Waals surface area contributed by atoms with Crippen LogP contribution in [0.25, 0.3) is 0 Å². The third-order valence-electron chi connectivity index (χ3n) is 1.81. The van der Waals surface area contributed by atoms with Crippen LogP contribution in [-0.2, 0) is 0 Å². The first-order chi connectivity index (χ1) is 7.41. The molecule has 0 fully saturated rings. The summed E-state index contributed by atoms with van der Waals surface area (Å²) in [7, 11) is 0. The molecule has 1 aromatic carbocycles. The van der Waals surface area contributed by atoms with E-state index in [1.165, 1.54) is 6.92 Å². The Hall–Kier alpha value is -0.840. The van der Waals surface area contributed by atoms with Gasteiger partial charge in [-0.05, 0) is 19.1 Å². The van der Waals surface area contributed by atoms with E-state index in [9.17, 15) is 9.18 Å². The summed E-state index contributed by atoms with van der Waals surface area (Å²) in [5.41, 5.74) is -0.00998. The number of amides is 1. The van der Waals surface area contributed by atoms with Crippen LogP contribution in [0.15, 0.2) is 12.1 Å². The molecule has 0 aliphatic heterocycles. The van der Waals surface area contributed by atoms with Gasteiger partial charge in [-0.1, -0.05) is 23.2 Å². The maximum absolute atomic E-state index is 13.1. The van der Waals surface area contributed by atoms with E-state index in [1.54, 1.807) is 0 Å². The number of aliphatic hydroxyl groups excluding tert-OH is 1. The Morgan fingerprint density at radius 1 is 1.50 bits per heavy atom. The van der Waals surface area contributed by atoms with Gasteiger partial charge in [0.2, 0.25) is 0 Å². The molecule has 1 rings (SSSR count). The number of carbonyl (C=O) groups is 1. The summed E-state index contributed by atoms with van der Waals surface area (Å²) in [5.74, 6) is -1.27. The van der Waals surface area contributed by atoms with Crippen molar-refractivity contribution in [2.45, 2.75) is 13.0 Å². The van der Waals surface area contributed by atoms with Crippen LogP contribution < -0.4 is 5.32 Å². The molecule has 1 aromatic rings. The van der Waals surface area contributed by atoms with Gasteiger partial charge in [0.25, 0.3) is 5.91 Å². The zero-order valence-electron chi connectivity index (χ0n) is 8.43. The van der Waals surface area contributed by atoms with Gasteiger partial charge in [-0.2, -0.15) is 0 Å². The van der Waals surface area contributed by atoms with Gasteiger partial charge in [0, 0.05) is 6.54 Å². The quantitative estimate of drug-likeness (QED) is 0.824. The van der Waals surface area contributed by atoms with Crippen LogP contribution in [0.4, 0.5) is 4.39 Å². The molecule has 1 atom stereocenters. The molecular weight excluding hydrogens is 256 g/mol. The Kier molecular flexibility index (Phi) is 4.53. The van der Waals surface area contributed by atoms with Crippen LogP contribution in [0.2, 0.25) is 10.0 Å². The van der Waals surface area contributed by atoms with E-state index in [2.05, 4.69) is 5.32 Å². The lowest BCUT2D eigenvalue weighted by molar-refractivity contribution is 0.0924. The highest BCUT2D eigenvalue weighted by Crippen LogP contribution is 2.24. The van der Waals surface area contributed by atoms with Gasteiger partial charge in [-0.3, -0.25) is 4.79 Å². The molecule has 0 spiro atoms. The van der Waals surface area contributed by atoms with Gasteiger partial charge in [-0.25, -0.2) is 4.39 Å². The highest BCUT2D eigenvalue weighted by atomic mass is 35.5. The summed E-state index contributed by atoms with van der Waals surface area (Å²) in [6, 6.07) is 2.12. The van der Waals surface area contributed by atoms with E-state index in [0.717, 1.165) is 12.1 Å². The van der Waals surface area contributed by atoms with Gasteiger partial charge in [0.05, 0.1) is 21.7 Å². The zero-order valence-corrected chi connectivity index (χ0v) is 9.94. The van der Waals surface area contributed by atoms with Crippen molar-refractivity contribution in [3.8, 4) is 0 Å². The van der Waals surface area contributed by atoms with Crippen LogP contribution >= 0.6 is 23.2 Å². The largest absolute Gasteiger partial charge is 0.392 e. The molecule has 0 aliphatic rings. The van der Waals surface area contributed by atoms with Crippen molar-refractivity contribution in [3.05, 3.63) is 33.6 Å². The summed E-state index contributed by atoms with van der Waals surface area (Å²) >= 11 is 11.2. The van der Waals surface area contributed by atoms with Crippen molar-refractivity contribution in [2.75, 3.05) is 6.54 Å². The molecule has 0 unspecified atom stereocenters. The topological polar surface area (TPSA) is 49.3 Å². The Morgan fingerprint density at radius 3 is 2.69 bits per heavy atom. The van der Waals surface area contributed by atoms with E-state index in [1.807, 2.05) is 0 Å². The van der Waals surface area contributed by atoms with Gasteiger partial charge >= 0.3 is 0 Å². The lowest BCUT2D eigenvalue weighted by atomic mass is 10.2. The fourth-order valence-electron chi connectivity index (χ4n) is 1.03. The highest BCUT2D eigenvalue weighted by molar-refractivity contribution is 6.36. The molecule has 16 heavy (non-hydrogen) atoms. The van der Waals surface area contributed by atoms with Gasteiger partial charge in [-0.15, -0.1) is 0 Å². The van der Waals surface area contributed by atoms with E-state index in [0.29, 0.717) is 0 Å². The first-order valence-electron chi connectivity index (χ1n) is 4.52. The number of carbonyl (C=O) groups excluding carboxylic acids is 1. The average molecular weight is 266 g/mol. The molecule has 0 aliphatic carbocycles. The van der Waals surface area contributed by atoms with Crippen molar-refractivity contribution < 1.29 is 14.3 Å². The average Bonchev–Trinajstić information content (AvgIpc) is 2.20. The lowest BCUT2D eigenvalue weighted by Gasteiger charge is -2.08. The maximum Gasteiger partial charge on any atom is 0.252 e. The first-order valence-corrected chi connectivity index (χ1v) is 5.28. The molecule has 0 radical (unpaired) electrons. The predicted molar refractivity (Wildman–Crippen MR) is 60.4 cm³/mol. The van der Waals surface area contributed by atoms with Crippen molar-refractivity contribution >= 4 is 29.1 Å². The number of benzene rings is 1. The maximum atomic E-state index is 13.1. The van der Waals surface area contributed by atoms with Crippen LogP contribution in [-0.4, -0.2) is 23.7 Å². The van der Waals surface area contributed by atoms with E-state index >= 15 is 0 Å². The van der Waals surface area contributed by atoms with E-state index < -0.39 is 17.8 Å². The fourth-order valence-corrected chi connectivity index (χ4v) is 1.50. The second-order valence-electron chi connectivity index (χ2n) is 3.31. The van der Waals surface area contributed by atoms with Crippen LogP contribution in [0.1, 0.15) is 17.3 Å². The van der Waals surface area contributed by atoms with Crippen LogP contribution in [0.3, 0.4) is 0 Å². The summed E-state index contributed by atoms with van der Waals surface area (Å²) in [4.78, 5) is 11.5. The Morgan fingerprint density at radius 2 is 2.12 bits per heavy atom. The molecule has 88 valence electrons. The monoisotopic (exact) mass is 265 g/mol. The molecule has 0 saturated heterocycles. The molecule has 2 N–H and O–H groups in total. The fraction of sp³-hybridized carbons (Fsp3) is 0.300. The summed E-state index contributed by atoms with van der Waals surface area (Å²) in [6.07, 6.45) is -0.681. The summed E-state index contributed by atoms with van der Waals surface area (Å²) in [6.45, 7) is 1.59. The number of halogens is 3. The van der Waals surface area contributed by atoms with Crippen molar-refractivity contribution in [2.24, 2.45) is 0 Å². The number of hydrogen-bond acceptors (Lipinski definition) is 2. The molecule has 3 nitrogen and oxygen atoms in total. The molecule has 0 saturated carbocycles. The van der Waals surface area contributed by atoms with E-state index in [-0.39, 0.29) is 22.2 Å². The second-order valence-corrected chi connectivity index (χ2v) is 4.12. The molecular formula is C10H10Cl2FNO2. The normalized spacial score (nSPS) is 12.3. The van der Waals surface area contributed by atoms with Gasteiger partial charge in [0.15, 0.2) is 0 Å². The number of aliphatic hydroxyl groups is 1. The Bertz CT molecular complexity index is 410. The predicted octanol–water partition coefficient (Wildman–Crippen LogP) is 2.24. The van der Waals surface area contributed by atoms with Gasteiger partial charge < -0.3 is 10.4 Å². The summed E-state index contributed by atoms with van der Waals surface area (Å²) < 4.78 is 13.1. The van der Waals surface area contributed by atoms with Crippen molar-refractivity contribution in [1.82, 2.24) is 5.32 Å². The van der Waals surface area contributed by atoms with Gasteiger partial charge in [0.1, 0.15) is 5.82 Å². The summed E-state index contributed by atoms with van der Waals surface area (Å²) in [5, 5.41) is 11.3. The minimum absolute atomic E-state index is 0.00998. The molecule has 0 heterocycles.